The Balaban J connectivity index is 1.76. The summed E-state index contributed by atoms with van der Waals surface area (Å²) >= 11 is 1.52. The minimum absolute atomic E-state index is 0.208. The molecule has 1 aromatic heterocycles. The molecule has 0 saturated carbocycles. The second-order valence-corrected chi connectivity index (χ2v) is 7.80. The van der Waals surface area contributed by atoms with Crippen molar-refractivity contribution in [3.63, 3.8) is 0 Å². The molecular weight excluding hydrogens is 394 g/mol. The third-order valence-electron chi connectivity index (χ3n) is 4.89. The van der Waals surface area contributed by atoms with Crippen molar-refractivity contribution in [2.75, 3.05) is 20.8 Å². The van der Waals surface area contributed by atoms with Gasteiger partial charge in [0.2, 0.25) is 5.91 Å². The fourth-order valence-electron chi connectivity index (χ4n) is 3.22. The van der Waals surface area contributed by atoms with E-state index in [1.165, 1.54) is 25.6 Å². The molecule has 154 valence electrons. The van der Waals surface area contributed by atoms with Crippen LogP contribution in [-0.2, 0) is 15.1 Å². The number of thiophene rings is 1. The largest absolute Gasteiger partial charge is 0.493 e. The van der Waals surface area contributed by atoms with Gasteiger partial charge in [-0.15, -0.1) is 11.3 Å². The van der Waals surface area contributed by atoms with Crippen LogP contribution >= 0.6 is 11.3 Å². The summed E-state index contributed by atoms with van der Waals surface area (Å²) in [5.74, 6) is 0.0317. The monoisotopic (exact) mass is 417 g/mol. The first-order valence-corrected chi connectivity index (χ1v) is 9.87. The molecule has 0 spiro atoms. The molecule has 29 heavy (non-hydrogen) atoms. The van der Waals surface area contributed by atoms with Crippen molar-refractivity contribution >= 4 is 29.2 Å². The van der Waals surface area contributed by atoms with Crippen molar-refractivity contribution in [2.45, 2.75) is 25.4 Å². The fourth-order valence-corrected chi connectivity index (χ4v) is 3.96. The molecule has 1 saturated heterocycles. The van der Waals surface area contributed by atoms with E-state index in [0.29, 0.717) is 17.1 Å². The molecule has 1 fully saturated rings. The Morgan fingerprint density at radius 1 is 1.24 bits per heavy atom. The fraction of sp³-hybridized carbons (Fsp3) is 0.350. The van der Waals surface area contributed by atoms with Crippen molar-refractivity contribution in [1.82, 2.24) is 15.5 Å². The Labute approximate surface area is 172 Å². The van der Waals surface area contributed by atoms with Gasteiger partial charge >= 0.3 is 6.03 Å². The Kier molecular flexibility index (Phi) is 5.78. The van der Waals surface area contributed by atoms with E-state index in [9.17, 15) is 14.4 Å². The van der Waals surface area contributed by atoms with E-state index in [2.05, 4.69) is 10.6 Å². The van der Waals surface area contributed by atoms with E-state index in [-0.39, 0.29) is 12.6 Å². The molecular formula is C20H23N3O5S. The Bertz CT molecular complexity index is 930. The second-order valence-electron chi connectivity index (χ2n) is 6.82. The van der Waals surface area contributed by atoms with Crippen LogP contribution in [0.25, 0.3) is 0 Å². The van der Waals surface area contributed by atoms with Crippen LogP contribution in [0, 0.1) is 0 Å². The summed E-state index contributed by atoms with van der Waals surface area (Å²) in [6.07, 6.45) is 0. The molecule has 2 heterocycles. The maximum atomic E-state index is 13.0. The van der Waals surface area contributed by atoms with Crippen molar-refractivity contribution < 1.29 is 23.9 Å². The van der Waals surface area contributed by atoms with Crippen LogP contribution in [0.5, 0.6) is 11.5 Å². The van der Waals surface area contributed by atoms with Crippen LogP contribution in [0.2, 0.25) is 0 Å². The lowest BCUT2D eigenvalue weighted by molar-refractivity contribution is -0.135. The first kappa shape index (κ1) is 20.7. The highest BCUT2D eigenvalue weighted by molar-refractivity contribution is 7.10. The lowest BCUT2D eigenvalue weighted by Gasteiger charge is -2.23. The van der Waals surface area contributed by atoms with Crippen LogP contribution < -0.4 is 20.1 Å². The molecule has 0 bridgehead atoms. The number of nitrogens with zero attached hydrogens (tertiary/aromatic N) is 1. The zero-order valence-electron chi connectivity index (χ0n) is 16.6. The molecule has 8 nitrogen and oxygen atoms in total. The Hall–Kier alpha value is -3.07. The SMILES string of the molecule is COc1ccc([C@@]2(C)NC(=O)N(CC(=O)N[C@@H](C)c3cccs3)C2=O)cc1OC. The normalized spacial score (nSPS) is 19.7. The maximum absolute atomic E-state index is 13.0. The van der Waals surface area contributed by atoms with E-state index in [1.807, 2.05) is 24.4 Å². The highest BCUT2D eigenvalue weighted by atomic mass is 32.1. The second kappa shape index (κ2) is 8.12. The number of methoxy groups -OCH3 is 2. The number of carbonyl (C=O) groups is 3. The van der Waals surface area contributed by atoms with Crippen LogP contribution in [-0.4, -0.2) is 43.5 Å². The molecule has 1 aliphatic rings. The van der Waals surface area contributed by atoms with Crippen LogP contribution in [0.15, 0.2) is 35.7 Å². The van der Waals surface area contributed by atoms with Gasteiger partial charge in [-0.2, -0.15) is 0 Å². The molecule has 2 aromatic rings. The molecule has 4 amide bonds. The quantitative estimate of drug-likeness (QED) is 0.675. The van der Waals surface area contributed by atoms with Gasteiger partial charge < -0.3 is 20.1 Å². The molecule has 2 N–H and O–H groups in total. The number of amides is 4. The van der Waals surface area contributed by atoms with Gasteiger partial charge in [0.05, 0.1) is 20.3 Å². The topological polar surface area (TPSA) is 97.0 Å². The van der Waals surface area contributed by atoms with Gasteiger partial charge in [-0.25, -0.2) is 4.79 Å². The minimum atomic E-state index is -1.31. The zero-order chi connectivity index (χ0) is 21.2. The average molecular weight is 417 g/mol. The van der Waals surface area contributed by atoms with E-state index < -0.39 is 23.4 Å². The summed E-state index contributed by atoms with van der Waals surface area (Å²) in [4.78, 5) is 39.8. The lowest BCUT2D eigenvalue weighted by atomic mass is 9.91. The number of hydrogen-bond acceptors (Lipinski definition) is 6. The third kappa shape index (κ3) is 3.91. The van der Waals surface area contributed by atoms with Gasteiger partial charge in [0.25, 0.3) is 5.91 Å². The molecule has 3 rings (SSSR count). The van der Waals surface area contributed by atoms with E-state index in [4.69, 9.17) is 9.47 Å². The van der Waals surface area contributed by atoms with Gasteiger partial charge in [0, 0.05) is 4.88 Å². The summed E-state index contributed by atoms with van der Waals surface area (Å²) < 4.78 is 10.5. The summed E-state index contributed by atoms with van der Waals surface area (Å²) in [5.41, 5.74) is -0.778. The van der Waals surface area contributed by atoms with Gasteiger partial charge in [-0.05, 0) is 43.0 Å². The van der Waals surface area contributed by atoms with Crippen molar-refractivity contribution in [1.29, 1.82) is 0 Å². The highest BCUT2D eigenvalue weighted by Crippen LogP contribution is 2.35. The maximum Gasteiger partial charge on any atom is 0.325 e. The molecule has 1 aliphatic heterocycles. The predicted octanol–water partition coefficient (Wildman–Crippen LogP) is 2.41. The molecule has 0 unspecified atom stereocenters. The number of imide groups is 1. The Morgan fingerprint density at radius 2 is 1.97 bits per heavy atom. The smallest absolute Gasteiger partial charge is 0.325 e. The van der Waals surface area contributed by atoms with Crippen molar-refractivity contribution in [3.05, 3.63) is 46.2 Å². The lowest BCUT2D eigenvalue weighted by Crippen LogP contribution is -2.43. The van der Waals surface area contributed by atoms with E-state index >= 15 is 0 Å². The third-order valence-corrected chi connectivity index (χ3v) is 5.94. The van der Waals surface area contributed by atoms with E-state index in [0.717, 1.165) is 9.78 Å². The molecule has 9 heteroatoms. The number of nitrogens with one attached hydrogen (secondary N) is 2. The van der Waals surface area contributed by atoms with E-state index in [1.54, 1.807) is 25.1 Å². The van der Waals surface area contributed by atoms with Gasteiger partial charge in [0.1, 0.15) is 12.1 Å². The zero-order valence-corrected chi connectivity index (χ0v) is 17.5. The highest BCUT2D eigenvalue weighted by Gasteiger charge is 2.49. The van der Waals surface area contributed by atoms with Crippen molar-refractivity contribution in [2.24, 2.45) is 0 Å². The van der Waals surface area contributed by atoms with Crippen LogP contribution in [0.1, 0.15) is 30.3 Å². The van der Waals surface area contributed by atoms with Gasteiger partial charge in [0.15, 0.2) is 11.5 Å². The molecule has 1 aromatic carbocycles. The first-order chi connectivity index (χ1) is 13.8. The van der Waals surface area contributed by atoms with Gasteiger partial charge in [-0.1, -0.05) is 12.1 Å². The van der Waals surface area contributed by atoms with Crippen molar-refractivity contribution in [3.8, 4) is 11.5 Å². The average Bonchev–Trinajstić information content (AvgIpc) is 3.31. The van der Waals surface area contributed by atoms with Crippen LogP contribution in [0.3, 0.4) is 0 Å². The molecule has 0 radical (unpaired) electrons. The number of benzene rings is 1. The molecule has 2 atom stereocenters. The molecule has 0 aliphatic carbocycles. The summed E-state index contributed by atoms with van der Waals surface area (Å²) in [7, 11) is 3.00. The number of hydrogen-bond donors (Lipinski definition) is 2. The standard InChI is InChI=1S/C20H23N3O5S/c1-12(16-6-5-9-29-16)21-17(24)11-23-18(25)20(2,22-19(23)26)13-7-8-14(27-3)15(10-13)28-4/h5-10,12H,11H2,1-4H3,(H,21,24)(H,22,26)/t12-,20+/m0/s1. The number of ether oxygens (including phenoxy) is 2. The number of rotatable bonds is 7. The minimum Gasteiger partial charge on any atom is -0.493 e. The summed E-state index contributed by atoms with van der Waals surface area (Å²) in [5, 5.41) is 7.42. The number of carbonyl (C=O) groups excluding carboxylic acids is 3. The Morgan fingerprint density at radius 3 is 2.59 bits per heavy atom. The summed E-state index contributed by atoms with van der Waals surface area (Å²) in [6, 6.07) is 7.97. The van der Waals surface area contributed by atoms with Crippen LogP contribution in [0.4, 0.5) is 4.79 Å². The van der Waals surface area contributed by atoms with Gasteiger partial charge in [-0.3, -0.25) is 14.5 Å². The first-order valence-electron chi connectivity index (χ1n) is 8.99. The number of urea groups is 1. The predicted molar refractivity (Wildman–Crippen MR) is 108 cm³/mol. The summed E-state index contributed by atoms with van der Waals surface area (Å²) in [6.45, 7) is 3.09.